The van der Waals surface area contributed by atoms with Crippen molar-refractivity contribution in [3.63, 3.8) is 0 Å². The predicted molar refractivity (Wildman–Crippen MR) is 138 cm³/mol. The number of imidazole rings is 1. The summed E-state index contributed by atoms with van der Waals surface area (Å²) in [6, 6.07) is 6.49. The normalized spacial score (nSPS) is 14.4. The van der Waals surface area contributed by atoms with Gasteiger partial charge in [-0.05, 0) is 56.9 Å². The van der Waals surface area contributed by atoms with Gasteiger partial charge in [-0.3, -0.25) is 9.78 Å². The molecule has 0 N–H and O–H groups in total. The van der Waals surface area contributed by atoms with Crippen molar-refractivity contribution in [3.05, 3.63) is 65.4 Å². The van der Waals surface area contributed by atoms with Crippen LogP contribution in [0.1, 0.15) is 40.6 Å². The van der Waals surface area contributed by atoms with Crippen LogP contribution in [0.25, 0.3) is 33.1 Å². The number of aromatic nitrogens is 5. The monoisotopic (exact) mass is 515 g/mol. The second-order valence-electron chi connectivity index (χ2n) is 9.55. The zero-order valence-corrected chi connectivity index (χ0v) is 21.3. The topological polar surface area (TPSA) is 105 Å². The molecule has 9 nitrogen and oxygen atoms in total. The Morgan fingerprint density at radius 3 is 2.63 bits per heavy atom. The Hall–Kier alpha value is -4.18. The van der Waals surface area contributed by atoms with Gasteiger partial charge < -0.3 is 18.6 Å². The highest BCUT2D eigenvalue weighted by Crippen LogP contribution is 2.39. The van der Waals surface area contributed by atoms with Crippen molar-refractivity contribution in [1.82, 2.24) is 24.7 Å². The number of ketones is 1. The van der Waals surface area contributed by atoms with Gasteiger partial charge >= 0.3 is 0 Å². The summed E-state index contributed by atoms with van der Waals surface area (Å²) in [5.74, 6) is 0.988. The Labute approximate surface area is 217 Å². The van der Waals surface area contributed by atoms with Gasteiger partial charge in [-0.25, -0.2) is 14.4 Å². The number of carbonyl (C=O) groups is 1. The minimum absolute atomic E-state index is 0.130. The molecule has 4 aromatic heterocycles. The van der Waals surface area contributed by atoms with Gasteiger partial charge in [0, 0.05) is 30.7 Å². The van der Waals surface area contributed by atoms with Crippen molar-refractivity contribution in [2.24, 2.45) is 5.92 Å². The van der Waals surface area contributed by atoms with E-state index in [1.54, 1.807) is 13.3 Å². The SMILES string of the molecule is COc1cc2c(cc1-c1c(C)noc1C)ncc1nc(C(=O)c3ccc(F)cn3)n(CC3CCOCC3)c12. The number of aryl methyl sites for hydroxylation is 2. The molecule has 10 heteroatoms. The fraction of sp³-hybridized carbons (Fsp3) is 0.321. The number of pyridine rings is 2. The molecule has 0 amide bonds. The Bertz CT molecular complexity index is 1650. The van der Waals surface area contributed by atoms with Crippen LogP contribution >= 0.6 is 0 Å². The van der Waals surface area contributed by atoms with Crippen molar-refractivity contribution < 1.29 is 23.2 Å². The van der Waals surface area contributed by atoms with E-state index in [4.69, 9.17) is 19.0 Å². The molecule has 38 heavy (non-hydrogen) atoms. The number of nitrogens with zero attached hydrogens (tertiary/aromatic N) is 5. The van der Waals surface area contributed by atoms with Gasteiger partial charge in [-0.2, -0.15) is 0 Å². The van der Waals surface area contributed by atoms with Gasteiger partial charge in [-0.1, -0.05) is 5.16 Å². The summed E-state index contributed by atoms with van der Waals surface area (Å²) in [4.78, 5) is 27.0. The molecule has 0 atom stereocenters. The van der Waals surface area contributed by atoms with Crippen LogP contribution in [0.5, 0.6) is 5.75 Å². The highest BCUT2D eigenvalue weighted by molar-refractivity contribution is 6.11. The highest BCUT2D eigenvalue weighted by Gasteiger charge is 2.26. The van der Waals surface area contributed by atoms with E-state index >= 15 is 0 Å². The van der Waals surface area contributed by atoms with Crippen LogP contribution in [0.4, 0.5) is 4.39 Å². The lowest BCUT2D eigenvalue weighted by Crippen LogP contribution is -2.23. The predicted octanol–water partition coefficient (Wildman–Crippen LogP) is 5.06. The number of ether oxygens (including phenoxy) is 2. The maximum atomic E-state index is 13.6. The number of methoxy groups -OCH3 is 1. The maximum absolute atomic E-state index is 13.6. The maximum Gasteiger partial charge on any atom is 0.246 e. The lowest BCUT2D eigenvalue weighted by atomic mass is 9.99. The van der Waals surface area contributed by atoms with E-state index in [9.17, 15) is 9.18 Å². The van der Waals surface area contributed by atoms with Crippen LogP contribution in [0, 0.1) is 25.6 Å². The molecule has 1 aliphatic rings. The van der Waals surface area contributed by atoms with E-state index in [-0.39, 0.29) is 17.3 Å². The zero-order valence-electron chi connectivity index (χ0n) is 21.3. The molecule has 6 rings (SSSR count). The molecule has 5 aromatic rings. The number of halogens is 1. The van der Waals surface area contributed by atoms with Gasteiger partial charge in [0.1, 0.15) is 28.5 Å². The molecule has 194 valence electrons. The third kappa shape index (κ3) is 4.10. The van der Waals surface area contributed by atoms with E-state index in [0.29, 0.717) is 42.7 Å². The molecule has 0 saturated carbocycles. The summed E-state index contributed by atoms with van der Waals surface area (Å²) < 4.78 is 32.2. The lowest BCUT2D eigenvalue weighted by molar-refractivity contribution is 0.0613. The molecule has 0 unspecified atom stereocenters. The van der Waals surface area contributed by atoms with E-state index in [1.807, 2.05) is 30.5 Å². The summed E-state index contributed by atoms with van der Waals surface area (Å²) in [6.45, 7) is 5.68. The fourth-order valence-electron chi connectivity index (χ4n) is 5.24. The third-order valence-electron chi connectivity index (χ3n) is 7.14. The number of carbonyl (C=O) groups excluding carboxylic acids is 1. The summed E-state index contributed by atoms with van der Waals surface area (Å²) in [5, 5.41) is 4.90. The summed E-state index contributed by atoms with van der Waals surface area (Å²) in [6.07, 6.45) is 4.47. The van der Waals surface area contributed by atoms with Gasteiger partial charge in [0.25, 0.3) is 0 Å². The van der Waals surface area contributed by atoms with Gasteiger partial charge in [0.2, 0.25) is 5.78 Å². The van der Waals surface area contributed by atoms with Crippen molar-refractivity contribution in [2.75, 3.05) is 20.3 Å². The molecule has 0 radical (unpaired) electrons. The Kier molecular flexibility index (Phi) is 6.11. The fourth-order valence-corrected chi connectivity index (χ4v) is 5.24. The molecule has 1 saturated heterocycles. The van der Waals surface area contributed by atoms with E-state index in [0.717, 1.165) is 52.3 Å². The molecule has 0 aliphatic carbocycles. The number of fused-ring (bicyclic) bond motifs is 3. The molecule has 1 aromatic carbocycles. The summed E-state index contributed by atoms with van der Waals surface area (Å²) in [5.41, 5.74) is 4.67. The second-order valence-corrected chi connectivity index (χ2v) is 9.55. The average molecular weight is 516 g/mol. The first kappa shape index (κ1) is 24.2. The molecule has 0 bridgehead atoms. The smallest absolute Gasteiger partial charge is 0.246 e. The zero-order chi connectivity index (χ0) is 26.4. The van der Waals surface area contributed by atoms with Crippen LogP contribution in [0.3, 0.4) is 0 Å². The standard InChI is InChI=1S/C28H26FN5O4/c1-15-25(16(2)38-33-15)20-10-22-19(11-24(20)36-3)26-23(13-31-22)32-28(27(35)21-5-4-18(29)12-30-21)34(26)14-17-6-8-37-9-7-17/h4-5,10-13,17H,6-9,14H2,1-3H3. The molecule has 1 aliphatic heterocycles. The van der Waals surface area contributed by atoms with Crippen molar-refractivity contribution in [2.45, 2.75) is 33.2 Å². The molecule has 0 spiro atoms. The van der Waals surface area contributed by atoms with Crippen LogP contribution in [0.15, 0.2) is 41.2 Å². The van der Waals surface area contributed by atoms with Gasteiger partial charge in [-0.15, -0.1) is 0 Å². The molecule has 1 fully saturated rings. The van der Waals surface area contributed by atoms with Crippen LogP contribution in [0.2, 0.25) is 0 Å². The Morgan fingerprint density at radius 1 is 1.13 bits per heavy atom. The highest BCUT2D eigenvalue weighted by atomic mass is 19.1. The van der Waals surface area contributed by atoms with E-state index in [2.05, 4.69) is 15.1 Å². The van der Waals surface area contributed by atoms with Gasteiger partial charge in [0.05, 0.1) is 41.8 Å². The molecular formula is C28H26FN5O4. The molecular weight excluding hydrogens is 489 g/mol. The Balaban J connectivity index is 1.58. The number of benzene rings is 1. The van der Waals surface area contributed by atoms with Crippen molar-refractivity contribution >= 4 is 27.7 Å². The molecule has 5 heterocycles. The second kappa shape index (κ2) is 9.60. The van der Waals surface area contributed by atoms with Crippen molar-refractivity contribution in [3.8, 4) is 16.9 Å². The van der Waals surface area contributed by atoms with Crippen LogP contribution in [-0.2, 0) is 11.3 Å². The summed E-state index contributed by atoms with van der Waals surface area (Å²) >= 11 is 0. The minimum Gasteiger partial charge on any atom is -0.496 e. The quantitative estimate of drug-likeness (QED) is 0.289. The minimum atomic E-state index is -0.506. The largest absolute Gasteiger partial charge is 0.496 e. The summed E-state index contributed by atoms with van der Waals surface area (Å²) in [7, 11) is 1.62. The first-order chi connectivity index (χ1) is 18.4. The van der Waals surface area contributed by atoms with Crippen molar-refractivity contribution in [1.29, 1.82) is 0 Å². The van der Waals surface area contributed by atoms with Gasteiger partial charge in [0.15, 0.2) is 5.82 Å². The lowest BCUT2D eigenvalue weighted by Gasteiger charge is -2.23. The Morgan fingerprint density at radius 2 is 1.95 bits per heavy atom. The number of rotatable bonds is 6. The average Bonchev–Trinajstić information content (AvgIpc) is 3.47. The van der Waals surface area contributed by atoms with E-state index < -0.39 is 5.82 Å². The van der Waals surface area contributed by atoms with Crippen LogP contribution < -0.4 is 4.74 Å². The first-order valence-electron chi connectivity index (χ1n) is 12.5. The van der Waals surface area contributed by atoms with E-state index in [1.165, 1.54) is 12.1 Å². The number of hydrogen-bond acceptors (Lipinski definition) is 8. The first-order valence-corrected chi connectivity index (χ1v) is 12.5. The number of hydrogen-bond donors (Lipinski definition) is 0. The third-order valence-corrected chi connectivity index (χ3v) is 7.14. The van der Waals surface area contributed by atoms with Crippen LogP contribution in [-0.4, -0.2) is 50.8 Å².